The molecular formula is C43H47Br2FIN2NaO8S2. The molecule has 0 aromatic heterocycles. The number of rotatable bonds is 8. The van der Waals surface area contributed by atoms with Crippen LogP contribution >= 0.6 is 54.5 Å². The summed E-state index contributed by atoms with van der Waals surface area (Å²) in [6.07, 6.45) is 0. The second-order valence-corrected chi connectivity index (χ2v) is 16.6. The predicted octanol–water partition coefficient (Wildman–Crippen LogP) is 8.18. The molecule has 0 bridgehead atoms. The molecule has 60 heavy (non-hydrogen) atoms. The van der Waals surface area contributed by atoms with Crippen LogP contribution in [0.3, 0.4) is 0 Å². The van der Waals surface area contributed by atoms with E-state index in [1.54, 1.807) is 51.5 Å². The van der Waals surface area contributed by atoms with Gasteiger partial charge < -0.3 is 19.3 Å². The van der Waals surface area contributed by atoms with E-state index in [1.165, 1.54) is 6.07 Å². The second-order valence-electron chi connectivity index (χ2n) is 11.8. The average Bonchev–Trinajstić information content (AvgIpc) is 3.18. The maximum atomic E-state index is 13.0. The number of methoxy groups -OCH3 is 2. The number of hydrogen-bond acceptors (Lipinski definition) is 8. The number of benzene rings is 6. The van der Waals surface area contributed by atoms with Gasteiger partial charge in [-0.25, -0.2) is 31.5 Å². The third-order valence-electron chi connectivity index (χ3n) is 7.79. The van der Waals surface area contributed by atoms with Gasteiger partial charge in [0.15, 0.2) is 0 Å². The quantitative estimate of drug-likeness (QED) is 0.0874. The molecule has 17 heteroatoms. The summed E-state index contributed by atoms with van der Waals surface area (Å²) in [4.78, 5) is 1.40. The molecule has 4 N–H and O–H groups in total. The molecule has 0 atom stereocenters. The van der Waals surface area contributed by atoms with Crippen molar-refractivity contribution in [2.45, 2.75) is 38.5 Å². The molecule has 0 unspecified atom stereocenters. The summed E-state index contributed by atoms with van der Waals surface area (Å²) in [7, 11) is -4.66. The van der Waals surface area contributed by atoms with Crippen LogP contribution in [0.4, 0.5) is 4.39 Å². The maximum Gasteiger partial charge on any atom is 1.00 e. The zero-order valence-corrected chi connectivity index (χ0v) is 41.3. The van der Waals surface area contributed by atoms with Crippen molar-refractivity contribution in [1.29, 1.82) is 0 Å². The molecule has 0 spiro atoms. The summed E-state index contributed by atoms with van der Waals surface area (Å²) in [6, 6.07) is 34.9. The molecule has 6 rings (SSSR count). The smallest absolute Gasteiger partial charge is 0.872 e. The Morgan fingerprint density at radius 2 is 1.00 bits per heavy atom. The molecule has 10 nitrogen and oxygen atoms in total. The minimum absolute atomic E-state index is 0. The molecule has 318 valence electrons. The van der Waals surface area contributed by atoms with Gasteiger partial charge in [0.25, 0.3) is 0 Å². The van der Waals surface area contributed by atoms with E-state index in [1.807, 2.05) is 84.7 Å². The third kappa shape index (κ3) is 17.0. The number of nitrogens with two attached hydrogens (primary N) is 2. The van der Waals surface area contributed by atoms with Crippen LogP contribution in [-0.2, 0) is 20.0 Å². The first-order valence-electron chi connectivity index (χ1n) is 16.4. The molecule has 0 heterocycles. The fourth-order valence-electron chi connectivity index (χ4n) is 4.89. The van der Waals surface area contributed by atoms with Gasteiger partial charge in [-0.2, -0.15) is 0 Å². The summed E-state index contributed by atoms with van der Waals surface area (Å²) in [6.45, 7) is 3.50. The van der Waals surface area contributed by atoms with Crippen LogP contribution in [0.5, 0.6) is 28.7 Å². The first-order valence-corrected chi connectivity index (χ1v) is 23.3. The molecule has 0 amide bonds. The Morgan fingerprint density at radius 1 is 0.583 bits per heavy atom. The van der Waals surface area contributed by atoms with Gasteiger partial charge in [0, 0.05) is 8.95 Å². The van der Waals surface area contributed by atoms with Crippen molar-refractivity contribution in [2.75, 3.05) is 19.2 Å². The summed E-state index contributed by atoms with van der Waals surface area (Å²) >= 11 is 8.56. The van der Waals surface area contributed by atoms with Gasteiger partial charge in [-0.3, -0.25) is 0 Å². The molecule has 6 aromatic carbocycles. The molecule has 0 saturated carbocycles. The van der Waals surface area contributed by atoms with Crippen LogP contribution in [0.2, 0.25) is 0 Å². The molecular weight excluding hydrogens is 1070 g/mol. The van der Waals surface area contributed by atoms with Crippen molar-refractivity contribution < 1.29 is 70.1 Å². The van der Waals surface area contributed by atoms with Crippen molar-refractivity contribution in [3.05, 3.63) is 147 Å². The minimum atomic E-state index is -3.98. The van der Waals surface area contributed by atoms with Crippen LogP contribution in [0.1, 0.15) is 26.0 Å². The van der Waals surface area contributed by atoms with Gasteiger partial charge in [-0.15, -0.1) is 5.75 Å². The zero-order chi connectivity index (χ0) is 42.5. The van der Waals surface area contributed by atoms with Gasteiger partial charge in [-0.1, -0.05) is 130 Å². The van der Waals surface area contributed by atoms with Crippen molar-refractivity contribution in [1.82, 2.24) is 0 Å². The number of alkyl halides is 1. The standard InChI is InChI=1S/C20H18BrNO4S.C13H12O2.C7H7BrFNO2S.CH3I.2CH4.Na/c1-13-10-19(20(12-18(13)21)27(22,23)24)26-17-5-3-4-15(11-17)14-6-8-16(25-2)9-7-14;1-15-13-7-5-10(6-8-13)11-3-2-4-12(14)9-11;1-4-2-6(9)7(3-5(4)8)13(10,11)12;1-2;;;/h3-12H,1-2H3,(H2,22,23,24);2-9,14H,1H3;2-3H,1H3,(H2,10,11,12);1H3;2*1H4;/q;;;;;;+1/p-1. The Morgan fingerprint density at radius 3 is 1.43 bits per heavy atom. The van der Waals surface area contributed by atoms with Crippen LogP contribution < -0.4 is 59.2 Å². The topological polar surface area (TPSA) is 171 Å². The number of aryl methyl sites for hydroxylation is 2. The van der Waals surface area contributed by atoms with E-state index >= 15 is 0 Å². The number of hydrogen-bond donors (Lipinski definition) is 2. The van der Waals surface area contributed by atoms with Crippen molar-refractivity contribution in [3.8, 4) is 51.0 Å². The SMILES string of the molecule is C.C.CI.COc1ccc(-c2cccc(Oc3cc(C)c(Br)cc3S(N)(=O)=O)c2)cc1.COc1ccc(-c2cccc([O-])c2)cc1.Cc1cc(F)c(S(N)(=O)=O)cc1Br.[Na+]. The van der Waals surface area contributed by atoms with Crippen molar-refractivity contribution in [2.24, 2.45) is 10.3 Å². The molecule has 6 aromatic rings. The number of ether oxygens (including phenoxy) is 3. The summed E-state index contributed by atoms with van der Waals surface area (Å²) in [5.74, 6) is 1.48. The molecule has 0 fully saturated rings. The predicted molar refractivity (Wildman–Crippen MR) is 250 cm³/mol. The molecule has 0 radical (unpaired) electrons. The van der Waals surface area contributed by atoms with E-state index < -0.39 is 30.8 Å². The molecule has 0 saturated heterocycles. The van der Waals surface area contributed by atoms with E-state index in [9.17, 15) is 26.3 Å². The Labute approximate surface area is 406 Å². The summed E-state index contributed by atoms with van der Waals surface area (Å²) in [5.41, 5.74) is 5.33. The Bertz CT molecular complexity index is 2520. The van der Waals surface area contributed by atoms with Gasteiger partial charge in [0.2, 0.25) is 20.0 Å². The number of primary sulfonamides is 2. The van der Waals surface area contributed by atoms with Gasteiger partial charge in [0.05, 0.1) is 14.2 Å². The van der Waals surface area contributed by atoms with Crippen molar-refractivity contribution in [3.63, 3.8) is 0 Å². The van der Waals surface area contributed by atoms with Crippen LogP contribution in [0.15, 0.2) is 140 Å². The van der Waals surface area contributed by atoms with E-state index in [0.717, 1.165) is 51.4 Å². The minimum Gasteiger partial charge on any atom is -0.872 e. The van der Waals surface area contributed by atoms with Crippen LogP contribution in [-0.4, -0.2) is 36.0 Å². The number of halogens is 4. The van der Waals surface area contributed by atoms with Gasteiger partial charge in [-0.05, 0) is 113 Å². The van der Waals surface area contributed by atoms with E-state index in [4.69, 9.17) is 24.5 Å². The normalized spacial score (nSPS) is 10.2. The summed E-state index contributed by atoms with van der Waals surface area (Å²) in [5, 5.41) is 21.3. The van der Waals surface area contributed by atoms with E-state index in [-0.39, 0.29) is 60.8 Å². The van der Waals surface area contributed by atoms with Crippen molar-refractivity contribution >= 4 is 74.5 Å². The Balaban J connectivity index is 0.000000902. The van der Waals surface area contributed by atoms with Gasteiger partial charge >= 0.3 is 29.6 Å². The fraction of sp³-hybridized carbons (Fsp3) is 0.163. The van der Waals surface area contributed by atoms with Crippen LogP contribution in [0, 0.1) is 19.7 Å². The fourth-order valence-corrected chi connectivity index (χ4v) is 7.16. The maximum absolute atomic E-state index is 13.0. The Hall–Kier alpha value is -3.04. The zero-order valence-electron chi connectivity index (χ0n) is 32.3. The monoisotopic (exact) mass is 1110 g/mol. The van der Waals surface area contributed by atoms with Crippen LogP contribution in [0.25, 0.3) is 22.3 Å². The van der Waals surface area contributed by atoms with Gasteiger partial charge in [0.1, 0.15) is 38.6 Å². The molecule has 0 aliphatic heterocycles. The summed E-state index contributed by atoms with van der Waals surface area (Å²) < 4.78 is 75.8. The molecule has 0 aliphatic rings. The first-order chi connectivity index (χ1) is 26.9. The average molecular weight is 1110 g/mol. The molecule has 0 aliphatic carbocycles. The third-order valence-corrected chi connectivity index (χ3v) is 11.4. The van der Waals surface area contributed by atoms with E-state index in [0.29, 0.717) is 20.3 Å². The first kappa shape index (κ1) is 57.0. The van der Waals surface area contributed by atoms with E-state index in [2.05, 4.69) is 54.5 Å². The Kier molecular flexibility index (Phi) is 25.1. The number of sulfonamides is 2. The largest absolute Gasteiger partial charge is 1.00 e. The second kappa shape index (κ2) is 26.4.